The molecule has 6 heteroatoms. The maximum atomic E-state index is 11.9. The largest absolute Gasteiger partial charge is 0.468 e. The Kier molecular flexibility index (Phi) is 2.95. The van der Waals surface area contributed by atoms with Crippen LogP contribution in [0.3, 0.4) is 0 Å². The molecule has 0 aliphatic carbocycles. The number of hydrogen-bond donors (Lipinski definition) is 0. The molecule has 0 N–H and O–H groups in total. The van der Waals surface area contributed by atoms with Crippen molar-refractivity contribution in [2.24, 2.45) is 7.05 Å². The summed E-state index contributed by atoms with van der Waals surface area (Å²) in [5, 5.41) is 0. The molecule has 0 spiro atoms. The van der Waals surface area contributed by atoms with Crippen LogP contribution in [0.5, 0.6) is 6.01 Å². The van der Waals surface area contributed by atoms with Crippen molar-refractivity contribution in [3.05, 3.63) is 40.3 Å². The maximum Gasteiger partial charge on any atom is 0.299 e. The van der Waals surface area contributed by atoms with Gasteiger partial charge in [0.25, 0.3) is 11.6 Å². The van der Waals surface area contributed by atoms with Crippen molar-refractivity contribution in [3.8, 4) is 6.01 Å². The molecule has 0 amide bonds. The van der Waals surface area contributed by atoms with E-state index in [0.717, 1.165) is 5.82 Å². The van der Waals surface area contributed by atoms with E-state index in [9.17, 15) is 4.79 Å². The highest BCUT2D eigenvalue weighted by Gasteiger charge is 2.10. The fraction of sp³-hybridized carbons (Fsp3) is 0.364. The lowest BCUT2D eigenvalue weighted by Gasteiger charge is -2.10. The third-order valence-corrected chi connectivity index (χ3v) is 2.50. The zero-order valence-electron chi connectivity index (χ0n) is 10.0. The number of nitrogens with zero attached hydrogens (tertiary/aromatic N) is 4. The topological polar surface area (TPSA) is 61.9 Å². The summed E-state index contributed by atoms with van der Waals surface area (Å²) in [7, 11) is 3.37. The lowest BCUT2D eigenvalue weighted by atomic mass is 10.4. The minimum atomic E-state index is -0.141. The molecule has 2 aromatic rings. The van der Waals surface area contributed by atoms with Crippen molar-refractivity contribution in [1.82, 2.24) is 19.1 Å². The van der Waals surface area contributed by atoms with Gasteiger partial charge in [0.15, 0.2) is 0 Å². The van der Waals surface area contributed by atoms with Gasteiger partial charge in [0.1, 0.15) is 5.82 Å². The van der Waals surface area contributed by atoms with Gasteiger partial charge < -0.3 is 9.30 Å². The number of methoxy groups -OCH3 is 1. The van der Waals surface area contributed by atoms with Crippen molar-refractivity contribution in [1.29, 1.82) is 0 Å². The molecule has 2 heterocycles. The first kappa shape index (κ1) is 11.4. The summed E-state index contributed by atoms with van der Waals surface area (Å²) >= 11 is 0. The van der Waals surface area contributed by atoms with Gasteiger partial charge in [0.2, 0.25) is 0 Å². The summed E-state index contributed by atoms with van der Waals surface area (Å²) in [6, 6.07) is 1.78. The molecule has 0 saturated carbocycles. The monoisotopic (exact) mass is 234 g/mol. The molecular weight excluding hydrogens is 220 g/mol. The van der Waals surface area contributed by atoms with E-state index in [2.05, 4.69) is 9.97 Å². The summed E-state index contributed by atoms with van der Waals surface area (Å²) in [4.78, 5) is 20.2. The SMILES string of the molecule is COc1nc(C)cc(=O)n1Cc1nccn1C. The second kappa shape index (κ2) is 4.40. The predicted octanol–water partition coefficient (Wildman–Crippen LogP) is 0.342. The third-order valence-electron chi connectivity index (χ3n) is 2.50. The van der Waals surface area contributed by atoms with E-state index in [0.29, 0.717) is 18.2 Å². The second-order valence-electron chi connectivity index (χ2n) is 3.76. The molecule has 0 atom stereocenters. The Morgan fingerprint density at radius 3 is 2.82 bits per heavy atom. The molecule has 0 fully saturated rings. The number of hydrogen-bond acceptors (Lipinski definition) is 4. The number of rotatable bonds is 3. The number of ether oxygens (including phenoxy) is 1. The molecule has 90 valence electrons. The summed E-state index contributed by atoms with van der Waals surface area (Å²) < 4.78 is 8.42. The van der Waals surface area contributed by atoms with Crippen molar-refractivity contribution in [3.63, 3.8) is 0 Å². The first-order valence-corrected chi connectivity index (χ1v) is 5.20. The number of imidazole rings is 1. The molecule has 2 aromatic heterocycles. The molecule has 0 unspecified atom stereocenters. The summed E-state index contributed by atoms with van der Waals surface area (Å²) in [5.74, 6) is 0.774. The highest BCUT2D eigenvalue weighted by molar-refractivity contribution is 5.08. The maximum absolute atomic E-state index is 11.9. The summed E-state index contributed by atoms with van der Waals surface area (Å²) in [5.41, 5.74) is 0.500. The quantitative estimate of drug-likeness (QED) is 0.768. The summed E-state index contributed by atoms with van der Waals surface area (Å²) in [6.45, 7) is 2.10. The lowest BCUT2D eigenvalue weighted by Crippen LogP contribution is -2.24. The van der Waals surface area contributed by atoms with Crippen LogP contribution in [0.1, 0.15) is 11.5 Å². The van der Waals surface area contributed by atoms with Crippen LogP contribution in [-0.4, -0.2) is 26.2 Å². The van der Waals surface area contributed by atoms with Crippen LogP contribution >= 0.6 is 0 Å². The van der Waals surface area contributed by atoms with Crippen LogP contribution in [0.4, 0.5) is 0 Å². The zero-order valence-corrected chi connectivity index (χ0v) is 10.0. The third kappa shape index (κ3) is 2.20. The Bertz CT molecular complexity index is 585. The molecule has 6 nitrogen and oxygen atoms in total. The number of aromatic nitrogens is 4. The van der Waals surface area contributed by atoms with Crippen molar-refractivity contribution >= 4 is 0 Å². The van der Waals surface area contributed by atoms with E-state index in [1.54, 1.807) is 13.1 Å². The van der Waals surface area contributed by atoms with E-state index in [1.165, 1.54) is 17.7 Å². The molecule has 0 saturated heterocycles. The smallest absolute Gasteiger partial charge is 0.299 e. The average molecular weight is 234 g/mol. The number of aryl methyl sites for hydroxylation is 2. The van der Waals surface area contributed by atoms with E-state index in [4.69, 9.17) is 4.74 Å². The van der Waals surface area contributed by atoms with Crippen LogP contribution in [0.2, 0.25) is 0 Å². The van der Waals surface area contributed by atoms with Crippen LogP contribution in [0, 0.1) is 6.92 Å². The molecule has 0 radical (unpaired) electrons. The average Bonchev–Trinajstić information content (AvgIpc) is 2.68. The first-order chi connectivity index (χ1) is 8.11. The van der Waals surface area contributed by atoms with Gasteiger partial charge >= 0.3 is 0 Å². The second-order valence-corrected chi connectivity index (χ2v) is 3.76. The highest BCUT2D eigenvalue weighted by atomic mass is 16.5. The van der Waals surface area contributed by atoms with Gasteiger partial charge in [-0.2, -0.15) is 0 Å². The molecule has 17 heavy (non-hydrogen) atoms. The van der Waals surface area contributed by atoms with E-state index in [1.807, 2.05) is 17.8 Å². The van der Waals surface area contributed by atoms with Crippen LogP contribution < -0.4 is 10.3 Å². The molecule has 0 aliphatic rings. The van der Waals surface area contributed by atoms with Crippen molar-refractivity contribution in [2.75, 3.05) is 7.11 Å². The van der Waals surface area contributed by atoms with E-state index >= 15 is 0 Å². The zero-order chi connectivity index (χ0) is 12.4. The van der Waals surface area contributed by atoms with Crippen molar-refractivity contribution in [2.45, 2.75) is 13.5 Å². The van der Waals surface area contributed by atoms with Crippen LogP contribution in [0.15, 0.2) is 23.3 Å². The minimum Gasteiger partial charge on any atom is -0.468 e. The van der Waals surface area contributed by atoms with Gasteiger partial charge in [-0.25, -0.2) is 9.97 Å². The first-order valence-electron chi connectivity index (χ1n) is 5.20. The molecule has 0 aliphatic heterocycles. The minimum absolute atomic E-state index is 0.141. The normalized spacial score (nSPS) is 10.5. The Morgan fingerprint density at radius 1 is 1.47 bits per heavy atom. The molecular formula is C11H14N4O2. The Labute approximate surface area is 98.5 Å². The predicted molar refractivity (Wildman–Crippen MR) is 62.1 cm³/mol. The van der Waals surface area contributed by atoms with E-state index in [-0.39, 0.29) is 5.56 Å². The Balaban J connectivity index is 2.45. The van der Waals surface area contributed by atoms with Crippen molar-refractivity contribution < 1.29 is 4.74 Å². The van der Waals surface area contributed by atoms with Crippen LogP contribution in [-0.2, 0) is 13.6 Å². The molecule has 0 bridgehead atoms. The fourth-order valence-electron chi connectivity index (χ4n) is 1.59. The molecule has 0 aromatic carbocycles. The lowest BCUT2D eigenvalue weighted by molar-refractivity contribution is 0.348. The van der Waals surface area contributed by atoms with Crippen LogP contribution in [0.25, 0.3) is 0 Å². The highest BCUT2D eigenvalue weighted by Crippen LogP contribution is 2.07. The summed E-state index contributed by atoms with van der Waals surface area (Å²) in [6.07, 6.45) is 3.52. The van der Waals surface area contributed by atoms with Gasteiger partial charge in [-0.05, 0) is 6.92 Å². The Hall–Kier alpha value is -2.11. The standard InChI is InChI=1S/C11H14N4O2/c1-8-6-10(16)15(11(13-8)17-3)7-9-12-4-5-14(9)2/h4-6H,7H2,1-3H3. The van der Waals surface area contributed by atoms with E-state index < -0.39 is 0 Å². The van der Waals surface area contributed by atoms with Gasteiger partial charge in [0.05, 0.1) is 13.7 Å². The fourth-order valence-corrected chi connectivity index (χ4v) is 1.59. The van der Waals surface area contributed by atoms with Gasteiger partial charge in [-0.3, -0.25) is 9.36 Å². The Morgan fingerprint density at radius 2 is 2.24 bits per heavy atom. The van der Waals surface area contributed by atoms with Gasteiger partial charge in [0, 0.05) is 31.2 Å². The molecule has 2 rings (SSSR count). The van der Waals surface area contributed by atoms with Gasteiger partial charge in [-0.15, -0.1) is 0 Å². The van der Waals surface area contributed by atoms with Gasteiger partial charge in [-0.1, -0.05) is 0 Å².